The van der Waals surface area contributed by atoms with Crippen molar-refractivity contribution in [1.29, 1.82) is 0 Å². The lowest BCUT2D eigenvalue weighted by atomic mass is 10.1. The molecule has 2 amide bonds. The summed E-state index contributed by atoms with van der Waals surface area (Å²) in [5.41, 5.74) is 2.31. The van der Waals surface area contributed by atoms with Gasteiger partial charge in [0.05, 0.1) is 25.9 Å². The molecule has 1 atom stereocenters. The van der Waals surface area contributed by atoms with Crippen LogP contribution in [0.4, 0.5) is 5.69 Å². The van der Waals surface area contributed by atoms with Gasteiger partial charge in [0.25, 0.3) is 5.91 Å². The smallest absolute Gasteiger partial charge is 0.251 e. The van der Waals surface area contributed by atoms with Crippen molar-refractivity contribution in [2.45, 2.75) is 6.10 Å². The molecule has 3 N–H and O–H groups in total. The number of hydrogen-bond acceptors (Lipinski definition) is 5. The van der Waals surface area contributed by atoms with Gasteiger partial charge in [0.15, 0.2) is 0 Å². The number of ether oxygens (including phenoxy) is 1. The molecule has 1 fully saturated rings. The first kappa shape index (κ1) is 19.9. The average molecular weight is 383 g/mol. The van der Waals surface area contributed by atoms with Crippen molar-refractivity contribution in [3.05, 3.63) is 65.7 Å². The zero-order chi connectivity index (χ0) is 19.8. The van der Waals surface area contributed by atoms with Gasteiger partial charge < -0.3 is 25.4 Å². The quantitative estimate of drug-likeness (QED) is 0.666. The monoisotopic (exact) mass is 383 g/mol. The van der Waals surface area contributed by atoms with Crippen molar-refractivity contribution in [3.63, 3.8) is 0 Å². The molecular formula is C21H25N3O4. The van der Waals surface area contributed by atoms with E-state index in [1.807, 2.05) is 30.3 Å². The van der Waals surface area contributed by atoms with Crippen molar-refractivity contribution >= 4 is 17.5 Å². The lowest BCUT2D eigenvalue weighted by molar-refractivity contribution is -0.120. The summed E-state index contributed by atoms with van der Waals surface area (Å²) >= 11 is 0. The SMILES string of the molecule is O=C(CNC(=O)c1ccccc1)NCC(O)c1ccc(N2CCOCC2)cc1. The number of carbonyl (C=O) groups excluding carboxylic acids is 2. The van der Waals surface area contributed by atoms with Gasteiger partial charge in [-0.3, -0.25) is 9.59 Å². The maximum absolute atomic E-state index is 11.9. The Morgan fingerprint density at radius 2 is 1.68 bits per heavy atom. The normalized spacial score (nSPS) is 15.0. The van der Waals surface area contributed by atoms with Crippen LogP contribution in [0.1, 0.15) is 22.0 Å². The van der Waals surface area contributed by atoms with E-state index in [-0.39, 0.29) is 24.9 Å². The second-order valence-electron chi connectivity index (χ2n) is 6.56. The van der Waals surface area contributed by atoms with E-state index in [4.69, 9.17) is 4.74 Å². The number of aliphatic hydroxyl groups excluding tert-OH is 1. The molecule has 0 aromatic heterocycles. The van der Waals surface area contributed by atoms with Crippen LogP contribution in [0, 0.1) is 0 Å². The van der Waals surface area contributed by atoms with Crippen molar-refractivity contribution in [2.75, 3.05) is 44.3 Å². The summed E-state index contributed by atoms with van der Waals surface area (Å²) in [6, 6.07) is 16.3. The molecule has 1 saturated heterocycles. The maximum atomic E-state index is 11.9. The third-order valence-corrected chi connectivity index (χ3v) is 4.59. The number of anilines is 1. The largest absolute Gasteiger partial charge is 0.387 e. The summed E-state index contributed by atoms with van der Waals surface area (Å²) in [7, 11) is 0. The van der Waals surface area contributed by atoms with Crippen LogP contribution in [0.25, 0.3) is 0 Å². The fourth-order valence-corrected chi connectivity index (χ4v) is 2.97. The summed E-state index contributed by atoms with van der Waals surface area (Å²) in [5, 5.41) is 15.5. The second kappa shape index (κ2) is 9.87. The molecule has 1 heterocycles. The van der Waals surface area contributed by atoms with E-state index in [0.29, 0.717) is 5.56 Å². The van der Waals surface area contributed by atoms with E-state index < -0.39 is 6.10 Å². The first-order valence-corrected chi connectivity index (χ1v) is 9.34. The summed E-state index contributed by atoms with van der Waals surface area (Å²) in [5.74, 6) is -0.664. The number of benzene rings is 2. The number of nitrogens with zero attached hydrogens (tertiary/aromatic N) is 1. The first-order valence-electron chi connectivity index (χ1n) is 9.34. The van der Waals surface area contributed by atoms with Crippen LogP contribution in [-0.4, -0.2) is 56.3 Å². The predicted molar refractivity (Wildman–Crippen MR) is 106 cm³/mol. The highest BCUT2D eigenvalue weighted by molar-refractivity contribution is 5.96. The molecule has 7 nitrogen and oxygen atoms in total. The third-order valence-electron chi connectivity index (χ3n) is 4.59. The molecular weight excluding hydrogens is 358 g/mol. The van der Waals surface area contributed by atoms with Crippen molar-refractivity contribution < 1.29 is 19.4 Å². The Balaban J connectivity index is 1.42. The van der Waals surface area contributed by atoms with Gasteiger partial charge in [-0.15, -0.1) is 0 Å². The maximum Gasteiger partial charge on any atom is 0.251 e. The van der Waals surface area contributed by atoms with Gasteiger partial charge in [-0.25, -0.2) is 0 Å². The zero-order valence-electron chi connectivity index (χ0n) is 15.6. The van der Waals surface area contributed by atoms with Crippen LogP contribution in [0.3, 0.4) is 0 Å². The topological polar surface area (TPSA) is 90.9 Å². The number of aliphatic hydroxyl groups is 1. The highest BCUT2D eigenvalue weighted by atomic mass is 16.5. The number of morpholine rings is 1. The molecule has 2 aromatic rings. The number of amides is 2. The van der Waals surface area contributed by atoms with E-state index >= 15 is 0 Å². The fraction of sp³-hybridized carbons (Fsp3) is 0.333. The minimum atomic E-state index is -0.812. The van der Waals surface area contributed by atoms with Crippen LogP contribution in [0.2, 0.25) is 0 Å². The molecule has 2 aromatic carbocycles. The zero-order valence-corrected chi connectivity index (χ0v) is 15.6. The molecule has 0 saturated carbocycles. The Labute approximate surface area is 164 Å². The number of hydrogen-bond donors (Lipinski definition) is 3. The lowest BCUT2D eigenvalue weighted by Crippen LogP contribution is -2.38. The van der Waals surface area contributed by atoms with Crippen molar-refractivity contribution in [1.82, 2.24) is 10.6 Å². The van der Waals surface area contributed by atoms with E-state index in [2.05, 4.69) is 15.5 Å². The van der Waals surface area contributed by atoms with Gasteiger partial charge in [0.1, 0.15) is 0 Å². The molecule has 7 heteroatoms. The van der Waals surface area contributed by atoms with Gasteiger partial charge in [0, 0.05) is 30.9 Å². The Bertz CT molecular complexity index is 774. The van der Waals surface area contributed by atoms with Gasteiger partial charge in [-0.1, -0.05) is 30.3 Å². The number of nitrogens with one attached hydrogen (secondary N) is 2. The second-order valence-corrected chi connectivity index (χ2v) is 6.56. The Morgan fingerprint density at radius 3 is 2.36 bits per heavy atom. The van der Waals surface area contributed by atoms with E-state index in [0.717, 1.165) is 37.6 Å². The molecule has 0 spiro atoms. The molecule has 1 unspecified atom stereocenters. The highest BCUT2D eigenvalue weighted by Gasteiger charge is 2.14. The molecule has 0 bridgehead atoms. The van der Waals surface area contributed by atoms with E-state index in [1.165, 1.54) is 0 Å². The van der Waals surface area contributed by atoms with E-state index in [1.54, 1.807) is 24.3 Å². The number of carbonyl (C=O) groups is 2. The predicted octanol–water partition coefficient (Wildman–Crippen LogP) is 1.10. The average Bonchev–Trinajstić information content (AvgIpc) is 2.77. The number of rotatable bonds is 7. The summed E-state index contributed by atoms with van der Waals surface area (Å²) in [6.07, 6.45) is -0.812. The lowest BCUT2D eigenvalue weighted by Gasteiger charge is -2.29. The van der Waals surface area contributed by atoms with Crippen LogP contribution < -0.4 is 15.5 Å². The van der Waals surface area contributed by atoms with Crippen LogP contribution >= 0.6 is 0 Å². The van der Waals surface area contributed by atoms with Gasteiger partial charge >= 0.3 is 0 Å². The molecule has 0 radical (unpaired) electrons. The van der Waals surface area contributed by atoms with E-state index in [9.17, 15) is 14.7 Å². The van der Waals surface area contributed by atoms with Gasteiger partial charge in [-0.05, 0) is 29.8 Å². The summed E-state index contributed by atoms with van der Waals surface area (Å²) in [6.45, 7) is 3.08. The molecule has 1 aliphatic rings. The molecule has 148 valence electrons. The summed E-state index contributed by atoms with van der Waals surface area (Å²) < 4.78 is 5.35. The first-order chi connectivity index (χ1) is 13.6. The molecule has 0 aliphatic carbocycles. The Kier molecular flexibility index (Phi) is 7.00. The highest BCUT2D eigenvalue weighted by Crippen LogP contribution is 2.20. The minimum Gasteiger partial charge on any atom is -0.387 e. The van der Waals surface area contributed by atoms with Crippen molar-refractivity contribution in [2.24, 2.45) is 0 Å². The Morgan fingerprint density at radius 1 is 1.00 bits per heavy atom. The fourth-order valence-electron chi connectivity index (χ4n) is 2.97. The third kappa shape index (κ3) is 5.55. The molecule has 1 aliphatic heterocycles. The minimum absolute atomic E-state index is 0.0803. The van der Waals surface area contributed by atoms with Crippen LogP contribution in [0.5, 0.6) is 0 Å². The van der Waals surface area contributed by atoms with Crippen molar-refractivity contribution in [3.8, 4) is 0 Å². The molecule has 3 rings (SSSR count). The Hall–Kier alpha value is -2.90. The van der Waals surface area contributed by atoms with Crippen LogP contribution in [0.15, 0.2) is 54.6 Å². The van der Waals surface area contributed by atoms with Crippen LogP contribution in [-0.2, 0) is 9.53 Å². The summed E-state index contributed by atoms with van der Waals surface area (Å²) in [4.78, 5) is 26.1. The standard InChI is InChI=1S/C21H25N3O4/c25-19(16-6-8-18(9-7-16)24-10-12-28-13-11-24)14-22-20(26)15-23-21(27)17-4-2-1-3-5-17/h1-9,19,25H,10-15H2,(H,22,26)(H,23,27). The van der Waals surface area contributed by atoms with Gasteiger partial charge in [0.2, 0.25) is 5.91 Å². The van der Waals surface area contributed by atoms with Gasteiger partial charge in [-0.2, -0.15) is 0 Å². The molecule has 28 heavy (non-hydrogen) atoms.